The maximum atomic E-state index is 10.1. The number of benzene rings is 3. The van der Waals surface area contributed by atoms with Gasteiger partial charge in [-0.1, -0.05) is 48.0 Å². The molecule has 2 aromatic heterocycles. The first-order chi connectivity index (χ1) is 19.0. The molecule has 0 amide bonds. The maximum absolute atomic E-state index is 10.1. The number of para-hydroxylation sites is 2. The number of aromatic nitrogens is 2. The molecule has 0 atom stereocenters. The van der Waals surface area contributed by atoms with Crippen molar-refractivity contribution in [2.45, 2.75) is 0 Å². The number of methoxy groups -OCH3 is 1. The third-order valence-electron chi connectivity index (χ3n) is 6.58. The summed E-state index contributed by atoms with van der Waals surface area (Å²) >= 11 is 0. The predicted octanol–water partition coefficient (Wildman–Crippen LogP) is 6.85. The zero-order valence-electron chi connectivity index (χ0n) is 22.2. The third kappa shape index (κ3) is 5.73. The average molecular weight is 708 g/mol. The van der Waals surface area contributed by atoms with Gasteiger partial charge in [0, 0.05) is 46.6 Å². The van der Waals surface area contributed by atoms with E-state index in [1.165, 1.54) is 23.6 Å². The fourth-order valence-corrected chi connectivity index (χ4v) is 4.55. The monoisotopic (exact) mass is 708 g/mol. The number of carbonyl (C=O) groups is 1. The molecule has 0 spiro atoms. The van der Waals surface area contributed by atoms with E-state index in [1.807, 2.05) is 36.5 Å². The number of aromatic carboxylic acids is 1. The van der Waals surface area contributed by atoms with Crippen LogP contribution in [0.15, 0.2) is 103 Å². The predicted molar refractivity (Wildman–Crippen MR) is 154 cm³/mol. The van der Waals surface area contributed by atoms with Crippen LogP contribution in [0.3, 0.4) is 0 Å². The fourth-order valence-electron chi connectivity index (χ4n) is 4.55. The van der Waals surface area contributed by atoms with Gasteiger partial charge in [0.05, 0.1) is 18.5 Å². The number of ether oxygens (including phenoxy) is 1. The van der Waals surface area contributed by atoms with Crippen molar-refractivity contribution in [1.82, 2.24) is 9.97 Å². The molecule has 0 unspecified atom stereocenters. The van der Waals surface area contributed by atoms with E-state index in [4.69, 9.17) is 14.8 Å². The Hall–Kier alpha value is -4.52. The SMILES string of the molecule is COc1ccc(-c2ccc(-c3[c-]ccc4c3N(C)c3ccccc3N4C)nc2)cc1.O=C(O)c1ccccn1.[Ir]. The summed E-state index contributed by atoms with van der Waals surface area (Å²) in [5, 5.41) is 8.32. The molecule has 1 radical (unpaired) electrons. The van der Waals surface area contributed by atoms with Crippen molar-refractivity contribution < 1.29 is 34.7 Å². The molecule has 0 bridgehead atoms. The molecule has 6 rings (SSSR count). The van der Waals surface area contributed by atoms with Crippen molar-refractivity contribution in [3.05, 3.63) is 115 Å². The minimum Gasteiger partial charge on any atom is -0.497 e. The number of fused-ring (bicyclic) bond motifs is 2. The van der Waals surface area contributed by atoms with Gasteiger partial charge in [0.25, 0.3) is 0 Å². The van der Waals surface area contributed by atoms with E-state index in [1.54, 1.807) is 19.2 Å². The van der Waals surface area contributed by atoms with E-state index in [2.05, 4.69) is 77.4 Å². The second-order valence-corrected chi connectivity index (χ2v) is 8.87. The molecule has 40 heavy (non-hydrogen) atoms. The van der Waals surface area contributed by atoms with Crippen LogP contribution >= 0.6 is 0 Å². The van der Waals surface area contributed by atoms with Gasteiger partial charge in [0.1, 0.15) is 11.4 Å². The minimum absolute atomic E-state index is 0. The zero-order valence-corrected chi connectivity index (χ0v) is 24.6. The molecular formula is C32H27IrN4O3-. The van der Waals surface area contributed by atoms with Gasteiger partial charge in [-0.25, -0.2) is 9.78 Å². The summed E-state index contributed by atoms with van der Waals surface area (Å²) in [6.07, 6.45) is 3.37. The van der Waals surface area contributed by atoms with E-state index >= 15 is 0 Å². The Kier molecular flexibility index (Phi) is 8.94. The van der Waals surface area contributed by atoms with Gasteiger partial charge in [0.2, 0.25) is 0 Å². The first kappa shape index (κ1) is 28.5. The third-order valence-corrected chi connectivity index (χ3v) is 6.58. The van der Waals surface area contributed by atoms with E-state index in [0.717, 1.165) is 39.5 Å². The Morgan fingerprint density at radius 1 is 0.800 bits per heavy atom. The number of nitrogens with zero attached hydrogens (tertiary/aromatic N) is 4. The largest absolute Gasteiger partial charge is 0.497 e. The molecule has 8 heteroatoms. The summed E-state index contributed by atoms with van der Waals surface area (Å²) in [5.74, 6) is -0.142. The Labute approximate surface area is 247 Å². The summed E-state index contributed by atoms with van der Waals surface area (Å²) in [7, 11) is 5.89. The summed E-state index contributed by atoms with van der Waals surface area (Å²) in [6, 6.07) is 32.9. The van der Waals surface area contributed by atoms with Crippen LogP contribution in [0.1, 0.15) is 10.5 Å². The number of pyridine rings is 2. The van der Waals surface area contributed by atoms with E-state index in [0.29, 0.717) is 0 Å². The van der Waals surface area contributed by atoms with Crippen LogP contribution in [0.25, 0.3) is 22.4 Å². The molecule has 3 heterocycles. The molecule has 0 saturated heterocycles. The van der Waals surface area contributed by atoms with Crippen LogP contribution in [0.4, 0.5) is 22.7 Å². The normalized spacial score (nSPS) is 11.3. The van der Waals surface area contributed by atoms with Crippen LogP contribution in [0.5, 0.6) is 5.75 Å². The van der Waals surface area contributed by atoms with Crippen LogP contribution in [-0.4, -0.2) is 42.2 Å². The molecule has 0 fully saturated rings. The van der Waals surface area contributed by atoms with Gasteiger partial charge < -0.3 is 24.6 Å². The van der Waals surface area contributed by atoms with Gasteiger partial charge in [-0.2, -0.15) is 0 Å². The van der Waals surface area contributed by atoms with Crippen molar-refractivity contribution in [2.24, 2.45) is 0 Å². The Morgan fingerprint density at radius 2 is 1.48 bits per heavy atom. The quantitative estimate of drug-likeness (QED) is 0.205. The summed E-state index contributed by atoms with van der Waals surface area (Å²) in [6.45, 7) is 0. The Bertz CT molecular complexity index is 1590. The number of hydrogen-bond acceptors (Lipinski definition) is 6. The minimum atomic E-state index is -0.990. The molecule has 3 aromatic carbocycles. The van der Waals surface area contributed by atoms with Crippen molar-refractivity contribution >= 4 is 28.7 Å². The van der Waals surface area contributed by atoms with Gasteiger partial charge in [-0.3, -0.25) is 0 Å². The van der Waals surface area contributed by atoms with E-state index in [-0.39, 0.29) is 25.8 Å². The zero-order chi connectivity index (χ0) is 27.4. The van der Waals surface area contributed by atoms with E-state index in [9.17, 15) is 4.79 Å². The van der Waals surface area contributed by atoms with Gasteiger partial charge in [-0.05, 0) is 64.6 Å². The fraction of sp³-hybridized carbons (Fsp3) is 0.0938. The number of hydrogen-bond donors (Lipinski definition) is 1. The Balaban J connectivity index is 0.000000317. The van der Waals surface area contributed by atoms with Crippen LogP contribution in [-0.2, 0) is 20.1 Å². The van der Waals surface area contributed by atoms with Gasteiger partial charge in [0.15, 0.2) is 0 Å². The van der Waals surface area contributed by atoms with Crippen LogP contribution < -0.4 is 14.5 Å². The second-order valence-electron chi connectivity index (χ2n) is 8.87. The van der Waals surface area contributed by atoms with Crippen molar-refractivity contribution in [2.75, 3.05) is 31.0 Å². The van der Waals surface area contributed by atoms with Gasteiger partial charge in [-0.15, -0.1) is 18.2 Å². The topological polar surface area (TPSA) is 78.8 Å². The molecule has 0 saturated carbocycles. The Morgan fingerprint density at radius 3 is 2.05 bits per heavy atom. The van der Waals surface area contributed by atoms with Crippen LogP contribution in [0.2, 0.25) is 0 Å². The molecule has 1 N–H and O–H groups in total. The number of anilines is 4. The molecular weight excluding hydrogens is 681 g/mol. The molecule has 1 aliphatic heterocycles. The number of rotatable bonds is 4. The maximum Gasteiger partial charge on any atom is 0.354 e. The molecule has 5 aromatic rings. The first-order valence-electron chi connectivity index (χ1n) is 12.3. The van der Waals surface area contributed by atoms with Crippen molar-refractivity contribution in [1.29, 1.82) is 0 Å². The van der Waals surface area contributed by atoms with Crippen molar-refractivity contribution in [3.8, 4) is 28.1 Å². The smallest absolute Gasteiger partial charge is 0.354 e. The molecule has 0 aliphatic carbocycles. The summed E-state index contributed by atoms with van der Waals surface area (Å²) in [4.78, 5) is 23.0. The standard InChI is InChI=1S/C26H22N3O.C6H5NO2.Ir/c1-28-23-8-4-5-9-24(23)29(2)26-21(7-6-10-25(26)28)22-16-13-19(17-27-22)18-11-14-20(30-3)15-12-18;8-6(9)5-3-1-2-4-7-5;/h4-6,8-17H,1-3H3;1-4H,(H,8,9);/q-1;;. The number of carboxylic acids is 1. The van der Waals surface area contributed by atoms with Crippen molar-refractivity contribution in [3.63, 3.8) is 0 Å². The van der Waals surface area contributed by atoms with Gasteiger partial charge >= 0.3 is 5.97 Å². The van der Waals surface area contributed by atoms with E-state index < -0.39 is 5.97 Å². The number of carboxylic acid groups (broad SMARTS) is 1. The first-order valence-corrected chi connectivity index (χ1v) is 12.3. The average Bonchev–Trinajstić information content (AvgIpc) is 3.00. The molecule has 1 aliphatic rings. The molecule has 203 valence electrons. The second kappa shape index (κ2) is 12.6. The molecule has 7 nitrogen and oxygen atoms in total. The summed E-state index contributed by atoms with van der Waals surface area (Å²) in [5.41, 5.74) is 8.78. The van der Waals surface area contributed by atoms with Crippen LogP contribution in [0, 0.1) is 6.07 Å². The summed E-state index contributed by atoms with van der Waals surface area (Å²) < 4.78 is 5.25.